The van der Waals surface area contributed by atoms with Crippen LogP contribution in [0.5, 0.6) is 0 Å². The van der Waals surface area contributed by atoms with E-state index < -0.39 is 0 Å². The molecule has 0 aliphatic carbocycles. The van der Waals surface area contributed by atoms with Crippen LogP contribution >= 0.6 is 46.3 Å². The molecule has 0 atom stereocenters. The van der Waals surface area contributed by atoms with E-state index in [1.165, 1.54) is 23.1 Å². The van der Waals surface area contributed by atoms with Crippen LogP contribution in [0.15, 0.2) is 59.1 Å². The number of hydrogen-bond acceptors (Lipinski definition) is 6. The molecular weight excluding hydrogens is 509 g/mol. The summed E-state index contributed by atoms with van der Waals surface area (Å²) in [6, 6.07) is 15.6. The number of thiazole rings is 1. The molecule has 0 bridgehead atoms. The van der Waals surface area contributed by atoms with E-state index in [-0.39, 0.29) is 5.91 Å². The Morgan fingerprint density at radius 1 is 1.12 bits per heavy atom. The van der Waals surface area contributed by atoms with E-state index in [2.05, 4.69) is 39.6 Å². The van der Waals surface area contributed by atoms with E-state index in [9.17, 15) is 4.79 Å². The lowest BCUT2D eigenvalue weighted by atomic mass is 10.1. The molecule has 0 aliphatic heterocycles. The summed E-state index contributed by atoms with van der Waals surface area (Å²) in [5, 5.41) is 16.1. The smallest absolute Gasteiger partial charge is 0.270 e. The van der Waals surface area contributed by atoms with E-state index in [0.29, 0.717) is 39.6 Å². The maximum absolute atomic E-state index is 12.3. The fourth-order valence-corrected chi connectivity index (χ4v) is 5.30. The summed E-state index contributed by atoms with van der Waals surface area (Å²) in [4.78, 5) is 16.8. The topological polar surface area (TPSA) is 72.7 Å². The fourth-order valence-electron chi connectivity index (χ4n) is 3.25. The van der Waals surface area contributed by atoms with E-state index in [1.54, 1.807) is 11.4 Å². The van der Waals surface area contributed by atoms with Crippen molar-refractivity contribution in [1.82, 2.24) is 25.1 Å². The van der Waals surface area contributed by atoms with Crippen LogP contribution in [0.25, 0.3) is 5.69 Å². The van der Waals surface area contributed by atoms with Gasteiger partial charge in [0.15, 0.2) is 5.16 Å². The van der Waals surface area contributed by atoms with Gasteiger partial charge in [0.2, 0.25) is 0 Å². The summed E-state index contributed by atoms with van der Waals surface area (Å²) in [6.07, 6.45) is 2.60. The zero-order chi connectivity index (χ0) is 23.9. The van der Waals surface area contributed by atoms with Gasteiger partial charge in [-0.15, -0.1) is 21.5 Å². The quantitative estimate of drug-likeness (QED) is 0.188. The Kier molecular flexibility index (Phi) is 8.61. The van der Waals surface area contributed by atoms with Gasteiger partial charge in [-0.25, -0.2) is 4.98 Å². The van der Waals surface area contributed by atoms with E-state index in [1.807, 2.05) is 34.9 Å². The van der Waals surface area contributed by atoms with Crippen LogP contribution in [0.1, 0.15) is 46.6 Å². The molecule has 176 valence electrons. The predicted octanol–water partition coefficient (Wildman–Crippen LogP) is 6.44. The number of unbranched alkanes of at least 4 members (excludes halogenated alkanes) is 1. The molecule has 0 fully saturated rings. The summed E-state index contributed by atoms with van der Waals surface area (Å²) in [6.45, 7) is 2.75. The molecular formula is C24H23Cl2N5OS2. The molecule has 34 heavy (non-hydrogen) atoms. The molecule has 1 N–H and O–H groups in total. The highest BCUT2D eigenvalue weighted by molar-refractivity contribution is 7.98. The lowest BCUT2D eigenvalue weighted by Crippen LogP contribution is -2.24. The van der Waals surface area contributed by atoms with Gasteiger partial charge in [0, 0.05) is 18.3 Å². The van der Waals surface area contributed by atoms with Crippen molar-refractivity contribution >= 4 is 52.2 Å². The Bertz CT molecular complexity index is 1260. The minimum absolute atomic E-state index is 0.134. The van der Waals surface area contributed by atoms with E-state index >= 15 is 0 Å². The molecule has 0 radical (unpaired) electrons. The monoisotopic (exact) mass is 531 g/mol. The first-order valence-corrected chi connectivity index (χ1v) is 13.5. The Morgan fingerprint density at radius 2 is 1.94 bits per heavy atom. The third-order valence-corrected chi connectivity index (χ3v) is 7.70. The Labute approximate surface area is 216 Å². The van der Waals surface area contributed by atoms with Gasteiger partial charge in [0.1, 0.15) is 16.5 Å². The number of nitrogens with zero attached hydrogens (tertiary/aromatic N) is 4. The molecule has 2 heterocycles. The fraction of sp³-hybridized carbons (Fsp3) is 0.250. The SMILES string of the molecule is CCCCNC(=O)c1csc(CSc2nnc(Cc3ccccc3)n2-c2ccc(Cl)c(Cl)c2)n1. The second kappa shape index (κ2) is 11.8. The maximum Gasteiger partial charge on any atom is 0.270 e. The number of nitrogens with one attached hydrogen (secondary N) is 1. The number of thioether (sulfide) groups is 1. The van der Waals surface area contributed by atoms with Crippen molar-refractivity contribution in [2.75, 3.05) is 6.54 Å². The molecule has 0 saturated carbocycles. The summed E-state index contributed by atoms with van der Waals surface area (Å²) in [5.41, 5.74) is 2.42. The van der Waals surface area contributed by atoms with Crippen LogP contribution in [-0.4, -0.2) is 32.2 Å². The minimum Gasteiger partial charge on any atom is -0.351 e. The van der Waals surface area contributed by atoms with Crippen molar-refractivity contribution in [2.24, 2.45) is 0 Å². The predicted molar refractivity (Wildman–Crippen MR) is 140 cm³/mol. The first kappa shape index (κ1) is 24.7. The van der Waals surface area contributed by atoms with Crippen molar-refractivity contribution in [3.8, 4) is 5.69 Å². The molecule has 0 unspecified atom stereocenters. The zero-order valence-electron chi connectivity index (χ0n) is 18.5. The number of benzene rings is 2. The molecule has 4 rings (SSSR count). The van der Waals surface area contributed by atoms with Crippen molar-refractivity contribution in [3.05, 3.63) is 86.0 Å². The standard InChI is InChI=1S/C24H23Cl2N5OS2/c1-2-3-11-27-23(32)20-14-33-22(28-20)15-34-24-30-29-21(12-16-7-5-4-6-8-16)31(24)17-9-10-18(25)19(26)13-17/h4-10,13-14H,2-3,11-12,15H2,1H3,(H,27,32). The average Bonchev–Trinajstić information content (AvgIpc) is 3.47. The van der Waals surface area contributed by atoms with Gasteiger partial charge in [-0.05, 0) is 30.2 Å². The molecule has 1 amide bonds. The molecule has 10 heteroatoms. The van der Waals surface area contributed by atoms with Crippen molar-refractivity contribution in [3.63, 3.8) is 0 Å². The van der Waals surface area contributed by atoms with Gasteiger partial charge in [0.25, 0.3) is 5.91 Å². The van der Waals surface area contributed by atoms with Crippen LogP contribution < -0.4 is 5.32 Å². The average molecular weight is 533 g/mol. The van der Waals surface area contributed by atoms with Gasteiger partial charge < -0.3 is 5.32 Å². The van der Waals surface area contributed by atoms with Crippen molar-refractivity contribution in [1.29, 1.82) is 0 Å². The van der Waals surface area contributed by atoms with Crippen LogP contribution in [0.2, 0.25) is 10.0 Å². The van der Waals surface area contributed by atoms with Gasteiger partial charge in [-0.2, -0.15) is 0 Å². The largest absolute Gasteiger partial charge is 0.351 e. The lowest BCUT2D eigenvalue weighted by Gasteiger charge is -2.11. The summed E-state index contributed by atoms with van der Waals surface area (Å²) in [7, 11) is 0. The Morgan fingerprint density at radius 3 is 2.71 bits per heavy atom. The number of aromatic nitrogens is 4. The molecule has 0 aliphatic rings. The molecule has 4 aromatic rings. The Hall–Kier alpha value is -2.39. The highest BCUT2D eigenvalue weighted by Crippen LogP contribution is 2.30. The van der Waals surface area contributed by atoms with Crippen LogP contribution in [0.3, 0.4) is 0 Å². The third-order valence-electron chi connectivity index (χ3n) is 4.99. The van der Waals surface area contributed by atoms with Crippen molar-refractivity contribution < 1.29 is 4.79 Å². The summed E-state index contributed by atoms with van der Waals surface area (Å²) >= 11 is 15.4. The maximum atomic E-state index is 12.3. The normalized spacial score (nSPS) is 11.0. The number of carbonyl (C=O) groups excluding carboxylic acids is 1. The van der Waals surface area contributed by atoms with Gasteiger partial charge in [-0.1, -0.05) is 78.6 Å². The van der Waals surface area contributed by atoms with Crippen LogP contribution in [-0.2, 0) is 12.2 Å². The van der Waals surface area contributed by atoms with E-state index in [4.69, 9.17) is 23.2 Å². The molecule has 6 nitrogen and oxygen atoms in total. The lowest BCUT2D eigenvalue weighted by molar-refractivity contribution is 0.0948. The zero-order valence-corrected chi connectivity index (χ0v) is 21.6. The second-order valence-corrected chi connectivity index (χ2v) is 10.2. The molecule has 2 aromatic heterocycles. The number of halogens is 2. The molecule has 0 spiro atoms. The summed E-state index contributed by atoms with van der Waals surface area (Å²) < 4.78 is 1.99. The molecule has 2 aromatic carbocycles. The molecule has 0 saturated heterocycles. The number of rotatable bonds is 10. The number of hydrogen-bond donors (Lipinski definition) is 1. The van der Waals surface area contributed by atoms with E-state index in [0.717, 1.165) is 34.9 Å². The highest BCUT2D eigenvalue weighted by Gasteiger charge is 2.17. The highest BCUT2D eigenvalue weighted by atomic mass is 35.5. The van der Waals surface area contributed by atoms with Crippen LogP contribution in [0, 0.1) is 0 Å². The van der Waals surface area contributed by atoms with Gasteiger partial charge >= 0.3 is 0 Å². The number of carbonyl (C=O) groups is 1. The number of amides is 1. The first-order chi connectivity index (χ1) is 16.5. The Balaban J connectivity index is 1.55. The van der Waals surface area contributed by atoms with Crippen molar-refractivity contribution in [2.45, 2.75) is 37.1 Å². The van der Waals surface area contributed by atoms with Gasteiger partial charge in [-0.3, -0.25) is 9.36 Å². The first-order valence-electron chi connectivity index (χ1n) is 10.8. The summed E-state index contributed by atoms with van der Waals surface area (Å²) in [5.74, 6) is 1.23. The van der Waals surface area contributed by atoms with Gasteiger partial charge in [0.05, 0.1) is 21.5 Å². The van der Waals surface area contributed by atoms with Crippen LogP contribution in [0.4, 0.5) is 0 Å². The second-order valence-electron chi connectivity index (χ2n) is 7.52. The third kappa shape index (κ3) is 6.18. The minimum atomic E-state index is -0.134.